The van der Waals surface area contributed by atoms with Gasteiger partial charge in [0.05, 0.1) is 28.4 Å². The van der Waals surface area contributed by atoms with Crippen molar-refractivity contribution in [1.82, 2.24) is 9.97 Å². The number of methoxy groups -OCH3 is 1. The van der Waals surface area contributed by atoms with E-state index in [9.17, 15) is 22.4 Å². The zero-order valence-electron chi connectivity index (χ0n) is 16.2. The van der Waals surface area contributed by atoms with Crippen LogP contribution in [0.2, 0.25) is 0 Å². The Morgan fingerprint density at radius 1 is 1.06 bits per heavy atom. The van der Waals surface area contributed by atoms with Crippen LogP contribution in [0.5, 0.6) is 17.4 Å². The molecule has 6 nitrogen and oxygen atoms in total. The molecule has 0 saturated heterocycles. The molecule has 0 fully saturated rings. The average molecular weight is 463 g/mol. The first-order valence-electron chi connectivity index (χ1n) is 8.98. The van der Waals surface area contributed by atoms with E-state index >= 15 is 0 Å². The van der Waals surface area contributed by atoms with E-state index < -0.39 is 34.9 Å². The molecule has 0 spiro atoms. The van der Waals surface area contributed by atoms with E-state index in [-0.39, 0.29) is 11.5 Å². The summed E-state index contributed by atoms with van der Waals surface area (Å²) >= 11 is 1.35. The Morgan fingerprint density at radius 2 is 1.88 bits per heavy atom. The Kier molecular flexibility index (Phi) is 5.66. The summed E-state index contributed by atoms with van der Waals surface area (Å²) in [5.41, 5.74) is 1.12. The third kappa shape index (κ3) is 4.47. The second-order valence-electron chi connectivity index (χ2n) is 6.46. The number of thiazole rings is 1. The van der Waals surface area contributed by atoms with Gasteiger partial charge in [-0.3, -0.25) is 4.79 Å². The number of amides is 1. The molecule has 0 unspecified atom stereocenters. The maximum Gasteiger partial charge on any atom is 0.417 e. The highest BCUT2D eigenvalue weighted by Gasteiger charge is 2.33. The highest BCUT2D eigenvalue weighted by molar-refractivity contribution is 7.16. The quantitative estimate of drug-likeness (QED) is 0.373. The number of anilines is 1. The summed E-state index contributed by atoms with van der Waals surface area (Å²) in [6, 6.07) is 8.85. The van der Waals surface area contributed by atoms with Gasteiger partial charge in [-0.05, 0) is 36.4 Å². The minimum Gasteiger partial charge on any atom is -0.493 e. The molecule has 4 aromatic rings. The summed E-state index contributed by atoms with van der Waals surface area (Å²) in [5.74, 6) is -1.93. The van der Waals surface area contributed by atoms with Crippen molar-refractivity contribution in [2.75, 3.05) is 12.4 Å². The first kappa shape index (κ1) is 21.5. The summed E-state index contributed by atoms with van der Waals surface area (Å²) < 4.78 is 64.5. The van der Waals surface area contributed by atoms with Gasteiger partial charge in [0, 0.05) is 18.0 Å². The number of aromatic nitrogens is 2. The molecule has 32 heavy (non-hydrogen) atoms. The Labute approximate surface area is 182 Å². The topological polar surface area (TPSA) is 73.3 Å². The molecule has 0 radical (unpaired) electrons. The van der Waals surface area contributed by atoms with Gasteiger partial charge in [0.1, 0.15) is 11.4 Å². The number of carbonyl (C=O) groups excluding carboxylic acids is 1. The highest BCUT2D eigenvalue weighted by atomic mass is 32.1. The van der Waals surface area contributed by atoms with Gasteiger partial charge in [-0.1, -0.05) is 0 Å². The van der Waals surface area contributed by atoms with Crippen LogP contribution < -0.4 is 14.8 Å². The fraction of sp³-hybridized carbons (Fsp3) is 0.0952. The van der Waals surface area contributed by atoms with Gasteiger partial charge in [0.25, 0.3) is 5.91 Å². The van der Waals surface area contributed by atoms with Crippen LogP contribution in [0.15, 0.2) is 54.2 Å². The Balaban J connectivity index is 1.71. The van der Waals surface area contributed by atoms with E-state index in [1.807, 2.05) is 0 Å². The summed E-state index contributed by atoms with van der Waals surface area (Å²) in [5, 5.41) is 2.54. The fourth-order valence-electron chi connectivity index (χ4n) is 2.81. The number of fused-ring (bicyclic) bond motifs is 1. The molecule has 0 aliphatic carbocycles. The minimum atomic E-state index is -4.73. The zero-order valence-corrected chi connectivity index (χ0v) is 17.1. The molecule has 2 heterocycles. The monoisotopic (exact) mass is 463 g/mol. The van der Waals surface area contributed by atoms with Crippen molar-refractivity contribution in [1.29, 1.82) is 0 Å². The lowest BCUT2D eigenvalue weighted by Gasteiger charge is -2.15. The highest BCUT2D eigenvalue weighted by Crippen LogP contribution is 2.36. The van der Waals surface area contributed by atoms with Crippen LogP contribution in [0.4, 0.5) is 23.2 Å². The van der Waals surface area contributed by atoms with Crippen LogP contribution in [0.3, 0.4) is 0 Å². The van der Waals surface area contributed by atoms with E-state index in [2.05, 4.69) is 15.3 Å². The molecule has 164 valence electrons. The molecule has 0 saturated carbocycles. The van der Waals surface area contributed by atoms with Crippen molar-refractivity contribution in [2.45, 2.75) is 6.18 Å². The third-order valence-corrected chi connectivity index (χ3v) is 5.14. The summed E-state index contributed by atoms with van der Waals surface area (Å²) in [7, 11) is 1.27. The lowest BCUT2D eigenvalue weighted by molar-refractivity contribution is -0.137. The number of carbonyl (C=O) groups is 1. The largest absolute Gasteiger partial charge is 0.493 e. The first-order chi connectivity index (χ1) is 15.2. The van der Waals surface area contributed by atoms with Crippen LogP contribution in [0.25, 0.3) is 10.2 Å². The van der Waals surface area contributed by atoms with Crippen LogP contribution in [0.1, 0.15) is 15.9 Å². The zero-order chi connectivity index (χ0) is 22.9. The van der Waals surface area contributed by atoms with Gasteiger partial charge in [0.2, 0.25) is 5.88 Å². The molecule has 4 rings (SSSR count). The predicted octanol–water partition coefficient (Wildman–Crippen LogP) is 5.90. The van der Waals surface area contributed by atoms with Crippen molar-refractivity contribution >= 4 is 33.1 Å². The number of hydrogen-bond acceptors (Lipinski definition) is 6. The number of nitrogens with one attached hydrogen (secondary N) is 1. The van der Waals surface area contributed by atoms with Crippen LogP contribution >= 0.6 is 11.3 Å². The molecule has 1 amide bonds. The number of pyridine rings is 1. The molecule has 2 aromatic heterocycles. The molecule has 0 aliphatic heterocycles. The SMILES string of the molecule is COc1cc(F)ccc1Oc1ncc(C(F)(F)F)cc1C(=O)Nc1ccc2ncsc2c1. The second kappa shape index (κ2) is 8.42. The number of benzene rings is 2. The van der Waals surface area contributed by atoms with Crippen molar-refractivity contribution in [2.24, 2.45) is 0 Å². The van der Waals surface area contributed by atoms with Crippen molar-refractivity contribution in [3.05, 3.63) is 71.1 Å². The van der Waals surface area contributed by atoms with E-state index in [0.717, 1.165) is 22.3 Å². The second-order valence-corrected chi connectivity index (χ2v) is 7.35. The number of alkyl halides is 3. The van der Waals surface area contributed by atoms with Gasteiger partial charge in [-0.2, -0.15) is 13.2 Å². The van der Waals surface area contributed by atoms with Crippen LogP contribution in [0, 0.1) is 5.82 Å². The number of nitrogens with zero attached hydrogens (tertiary/aromatic N) is 2. The van der Waals surface area contributed by atoms with Gasteiger partial charge < -0.3 is 14.8 Å². The number of ether oxygens (including phenoxy) is 2. The number of halogens is 4. The van der Waals surface area contributed by atoms with E-state index in [4.69, 9.17) is 9.47 Å². The van der Waals surface area contributed by atoms with E-state index in [0.29, 0.717) is 18.0 Å². The first-order valence-corrected chi connectivity index (χ1v) is 9.86. The molecule has 2 aromatic carbocycles. The van der Waals surface area contributed by atoms with Gasteiger partial charge in [-0.25, -0.2) is 14.4 Å². The minimum absolute atomic E-state index is 0.0197. The maximum atomic E-state index is 13.5. The van der Waals surface area contributed by atoms with Gasteiger partial charge in [-0.15, -0.1) is 11.3 Å². The maximum absolute atomic E-state index is 13.5. The van der Waals surface area contributed by atoms with Crippen molar-refractivity contribution in [3.63, 3.8) is 0 Å². The molecule has 0 atom stereocenters. The summed E-state index contributed by atoms with van der Waals surface area (Å²) in [6.07, 6.45) is -4.18. The number of rotatable bonds is 5. The smallest absolute Gasteiger partial charge is 0.417 e. The van der Waals surface area contributed by atoms with Crippen LogP contribution in [-0.2, 0) is 6.18 Å². The van der Waals surface area contributed by atoms with Gasteiger partial charge >= 0.3 is 6.18 Å². The Morgan fingerprint density at radius 3 is 2.62 bits per heavy atom. The lowest BCUT2D eigenvalue weighted by atomic mass is 10.1. The number of hydrogen-bond donors (Lipinski definition) is 1. The third-order valence-electron chi connectivity index (χ3n) is 4.34. The molecule has 1 N–H and O–H groups in total. The van der Waals surface area contributed by atoms with E-state index in [1.165, 1.54) is 24.5 Å². The molecule has 11 heteroatoms. The van der Waals surface area contributed by atoms with E-state index in [1.54, 1.807) is 23.7 Å². The normalized spacial score (nSPS) is 11.4. The van der Waals surface area contributed by atoms with Crippen molar-refractivity contribution in [3.8, 4) is 17.4 Å². The molecular weight excluding hydrogens is 450 g/mol. The van der Waals surface area contributed by atoms with Crippen LogP contribution in [-0.4, -0.2) is 23.0 Å². The Hall–Kier alpha value is -3.73. The summed E-state index contributed by atoms with van der Waals surface area (Å²) in [6.45, 7) is 0. The van der Waals surface area contributed by atoms with Gasteiger partial charge in [0.15, 0.2) is 11.5 Å². The Bertz CT molecular complexity index is 1310. The lowest BCUT2D eigenvalue weighted by Crippen LogP contribution is -2.16. The molecular formula is C21H13F4N3O3S. The predicted molar refractivity (Wildman–Crippen MR) is 110 cm³/mol. The van der Waals surface area contributed by atoms with Crippen molar-refractivity contribution < 1.29 is 31.8 Å². The fourth-order valence-corrected chi connectivity index (χ4v) is 3.53. The molecule has 0 aliphatic rings. The summed E-state index contributed by atoms with van der Waals surface area (Å²) in [4.78, 5) is 20.7. The molecule has 0 bridgehead atoms. The standard InChI is InChI=1S/C21H13F4N3O3S/c1-30-17-7-12(22)2-5-16(17)31-20-14(6-11(9-26-20)21(23,24)25)19(29)28-13-3-4-15-18(8-13)32-10-27-15/h2-10H,1H3,(H,28,29). The average Bonchev–Trinajstić information content (AvgIpc) is 3.22.